The summed E-state index contributed by atoms with van der Waals surface area (Å²) in [5.74, 6) is 2.39. The lowest BCUT2D eigenvalue weighted by molar-refractivity contribution is 0.238. The Labute approximate surface area is 115 Å². The summed E-state index contributed by atoms with van der Waals surface area (Å²) in [6.07, 6.45) is 4.75. The van der Waals surface area contributed by atoms with Crippen LogP contribution in [-0.4, -0.2) is 41.3 Å². The SMILES string of the molecule is CCCc1c(NCC)ncnc1N1CCC(CO)C1. The molecule has 0 aromatic carbocycles. The molecule has 5 heteroatoms. The minimum atomic E-state index is 0.269. The average molecular weight is 264 g/mol. The van der Waals surface area contributed by atoms with Crippen LogP contribution in [0.15, 0.2) is 6.33 Å². The summed E-state index contributed by atoms with van der Waals surface area (Å²) >= 11 is 0. The Balaban J connectivity index is 2.25. The van der Waals surface area contributed by atoms with E-state index in [0.29, 0.717) is 5.92 Å². The van der Waals surface area contributed by atoms with Crippen LogP contribution in [0.5, 0.6) is 0 Å². The van der Waals surface area contributed by atoms with Crippen molar-refractivity contribution in [3.63, 3.8) is 0 Å². The van der Waals surface area contributed by atoms with Crippen LogP contribution in [0.2, 0.25) is 0 Å². The second-order valence-corrected chi connectivity index (χ2v) is 5.09. The van der Waals surface area contributed by atoms with E-state index in [1.807, 2.05) is 0 Å². The van der Waals surface area contributed by atoms with Gasteiger partial charge in [-0.25, -0.2) is 9.97 Å². The number of aliphatic hydroxyl groups excluding tert-OH is 1. The van der Waals surface area contributed by atoms with Gasteiger partial charge in [-0.1, -0.05) is 13.3 Å². The smallest absolute Gasteiger partial charge is 0.137 e. The second kappa shape index (κ2) is 6.70. The number of rotatable bonds is 6. The van der Waals surface area contributed by atoms with Crippen molar-refractivity contribution in [3.05, 3.63) is 11.9 Å². The van der Waals surface area contributed by atoms with Crippen molar-refractivity contribution in [1.29, 1.82) is 0 Å². The van der Waals surface area contributed by atoms with E-state index in [4.69, 9.17) is 0 Å². The van der Waals surface area contributed by atoms with E-state index in [-0.39, 0.29) is 6.61 Å². The van der Waals surface area contributed by atoms with Gasteiger partial charge in [0.15, 0.2) is 0 Å². The molecule has 0 radical (unpaired) electrons. The first-order valence-corrected chi connectivity index (χ1v) is 7.23. The minimum Gasteiger partial charge on any atom is -0.396 e. The highest BCUT2D eigenvalue weighted by atomic mass is 16.3. The Morgan fingerprint density at radius 2 is 2.26 bits per heavy atom. The van der Waals surface area contributed by atoms with Gasteiger partial charge in [0.25, 0.3) is 0 Å². The van der Waals surface area contributed by atoms with E-state index in [0.717, 1.165) is 50.5 Å². The van der Waals surface area contributed by atoms with Crippen LogP contribution in [0.3, 0.4) is 0 Å². The van der Waals surface area contributed by atoms with Crippen molar-refractivity contribution in [2.45, 2.75) is 33.1 Å². The number of aromatic nitrogens is 2. The van der Waals surface area contributed by atoms with Gasteiger partial charge in [0.1, 0.15) is 18.0 Å². The fourth-order valence-corrected chi connectivity index (χ4v) is 2.65. The highest BCUT2D eigenvalue weighted by Gasteiger charge is 2.25. The molecule has 5 nitrogen and oxygen atoms in total. The highest BCUT2D eigenvalue weighted by Crippen LogP contribution is 2.29. The average Bonchev–Trinajstić information content (AvgIpc) is 2.90. The number of hydrogen-bond acceptors (Lipinski definition) is 5. The van der Waals surface area contributed by atoms with Gasteiger partial charge in [-0.05, 0) is 19.8 Å². The van der Waals surface area contributed by atoms with Crippen molar-refractivity contribution in [2.24, 2.45) is 5.92 Å². The van der Waals surface area contributed by atoms with Crippen LogP contribution in [0.1, 0.15) is 32.3 Å². The summed E-state index contributed by atoms with van der Waals surface area (Å²) in [7, 11) is 0. The summed E-state index contributed by atoms with van der Waals surface area (Å²) in [4.78, 5) is 11.1. The molecule has 0 amide bonds. The van der Waals surface area contributed by atoms with Gasteiger partial charge in [-0.2, -0.15) is 0 Å². The summed E-state index contributed by atoms with van der Waals surface area (Å²) in [5, 5.41) is 12.6. The summed E-state index contributed by atoms with van der Waals surface area (Å²) in [5.41, 5.74) is 1.21. The quantitative estimate of drug-likeness (QED) is 0.818. The van der Waals surface area contributed by atoms with Gasteiger partial charge in [-0.15, -0.1) is 0 Å². The maximum atomic E-state index is 9.27. The molecule has 106 valence electrons. The van der Waals surface area contributed by atoms with E-state index >= 15 is 0 Å². The monoisotopic (exact) mass is 264 g/mol. The maximum absolute atomic E-state index is 9.27. The largest absolute Gasteiger partial charge is 0.396 e. The third-order valence-electron chi connectivity index (χ3n) is 3.61. The lowest BCUT2D eigenvalue weighted by Crippen LogP contribution is -2.24. The maximum Gasteiger partial charge on any atom is 0.137 e. The second-order valence-electron chi connectivity index (χ2n) is 5.09. The minimum absolute atomic E-state index is 0.269. The molecule has 1 aliphatic rings. The molecule has 1 aliphatic heterocycles. The van der Waals surface area contributed by atoms with Crippen LogP contribution in [0.4, 0.5) is 11.6 Å². The molecular formula is C14H24N4O. The van der Waals surface area contributed by atoms with Crippen LogP contribution in [0, 0.1) is 5.92 Å². The van der Waals surface area contributed by atoms with Gasteiger partial charge in [0, 0.05) is 37.7 Å². The van der Waals surface area contributed by atoms with E-state index in [1.54, 1.807) is 6.33 Å². The van der Waals surface area contributed by atoms with Crippen molar-refractivity contribution >= 4 is 11.6 Å². The standard InChI is InChI=1S/C14H24N4O/c1-3-5-12-13(15-4-2)16-10-17-14(12)18-7-6-11(8-18)9-19/h10-11,19H,3-9H2,1-2H3,(H,15,16,17). The number of nitrogens with one attached hydrogen (secondary N) is 1. The zero-order valence-corrected chi connectivity index (χ0v) is 11.9. The topological polar surface area (TPSA) is 61.3 Å². The van der Waals surface area contributed by atoms with Crippen molar-refractivity contribution in [3.8, 4) is 0 Å². The molecular weight excluding hydrogens is 240 g/mol. The molecule has 1 atom stereocenters. The molecule has 2 rings (SSSR count). The van der Waals surface area contributed by atoms with Crippen LogP contribution in [-0.2, 0) is 6.42 Å². The Morgan fingerprint density at radius 1 is 1.42 bits per heavy atom. The Bertz CT molecular complexity index is 410. The number of hydrogen-bond donors (Lipinski definition) is 2. The summed E-state index contributed by atoms with van der Waals surface area (Å²) in [6.45, 7) is 7.26. The van der Waals surface area contributed by atoms with Gasteiger partial charge >= 0.3 is 0 Å². The zero-order chi connectivity index (χ0) is 13.7. The number of aliphatic hydroxyl groups is 1. The first-order chi connectivity index (χ1) is 9.30. The van der Waals surface area contributed by atoms with E-state index in [1.165, 1.54) is 5.56 Å². The molecule has 1 aromatic heterocycles. The lowest BCUT2D eigenvalue weighted by Gasteiger charge is -2.22. The van der Waals surface area contributed by atoms with Crippen molar-refractivity contribution < 1.29 is 5.11 Å². The normalized spacial score (nSPS) is 18.9. The van der Waals surface area contributed by atoms with E-state index < -0.39 is 0 Å². The number of anilines is 2. The molecule has 0 saturated carbocycles. The molecule has 1 fully saturated rings. The first kappa shape index (κ1) is 14.1. The third kappa shape index (κ3) is 3.15. The van der Waals surface area contributed by atoms with E-state index in [9.17, 15) is 5.11 Å². The summed E-state index contributed by atoms with van der Waals surface area (Å²) in [6, 6.07) is 0. The van der Waals surface area contributed by atoms with Crippen molar-refractivity contribution in [1.82, 2.24) is 9.97 Å². The van der Waals surface area contributed by atoms with Crippen LogP contribution >= 0.6 is 0 Å². The van der Waals surface area contributed by atoms with Crippen molar-refractivity contribution in [2.75, 3.05) is 36.5 Å². The molecule has 0 bridgehead atoms. The predicted octanol–water partition coefficient (Wildman–Crippen LogP) is 1.68. The molecule has 1 unspecified atom stereocenters. The Morgan fingerprint density at radius 3 is 2.89 bits per heavy atom. The zero-order valence-electron chi connectivity index (χ0n) is 11.9. The molecule has 19 heavy (non-hydrogen) atoms. The molecule has 0 aliphatic carbocycles. The Hall–Kier alpha value is -1.36. The molecule has 1 aromatic rings. The fraction of sp³-hybridized carbons (Fsp3) is 0.714. The molecule has 2 N–H and O–H groups in total. The van der Waals surface area contributed by atoms with Gasteiger partial charge in [0.05, 0.1) is 0 Å². The van der Waals surface area contributed by atoms with Gasteiger partial charge in [0.2, 0.25) is 0 Å². The van der Waals surface area contributed by atoms with Gasteiger partial charge < -0.3 is 15.3 Å². The van der Waals surface area contributed by atoms with E-state index in [2.05, 4.69) is 34.0 Å². The van der Waals surface area contributed by atoms with Crippen LogP contribution < -0.4 is 10.2 Å². The molecule has 0 spiro atoms. The highest BCUT2D eigenvalue weighted by molar-refractivity contribution is 5.59. The molecule has 2 heterocycles. The number of nitrogens with zero attached hydrogens (tertiary/aromatic N) is 3. The third-order valence-corrected chi connectivity index (χ3v) is 3.61. The molecule has 1 saturated heterocycles. The first-order valence-electron chi connectivity index (χ1n) is 7.23. The van der Waals surface area contributed by atoms with Crippen LogP contribution in [0.25, 0.3) is 0 Å². The lowest BCUT2D eigenvalue weighted by atomic mass is 10.1. The predicted molar refractivity (Wildman–Crippen MR) is 77.6 cm³/mol. The van der Waals surface area contributed by atoms with Gasteiger partial charge in [-0.3, -0.25) is 0 Å². The Kier molecular flexibility index (Phi) is 4.96. The fourth-order valence-electron chi connectivity index (χ4n) is 2.65. The summed E-state index contributed by atoms with van der Waals surface area (Å²) < 4.78 is 0.